The minimum Gasteiger partial charge on any atom is -0.327 e. The predicted octanol–water partition coefficient (Wildman–Crippen LogP) is 2.52. The van der Waals surface area contributed by atoms with Crippen LogP contribution in [0, 0.1) is 5.92 Å². The van der Waals surface area contributed by atoms with E-state index in [4.69, 9.17) is 5.73 Å². The lowest BCUT2D eigenvalue weighted by Crippen LogP contribution is -2.22. The van der Waals surface area contributed by atoms with Crippen molar-refractivity contribution >= 4 is 21.6 Å². The van der Waals surface area contributed by atoms with Crippen LogP contribution in [0.5, 0.6) is 0 Å². The lowest BCUT2D eigenvalue weighted by atomic mass is 10.0. The van der Waals surface area contributed by atoms with Gasteiger partial charge in [0.25, 0.3) is 0 Å². The minimum absolute atomic E-state index is 0.438. The van der Waals surface area contributed by atoms with Crippen molar-refractivity contribution in [3.8, 4) is 0 Å². The van der Waals surface area contributed by atoms with Gasteiger partial charge in [0.05, 0.1) is 0 Å². The lowest BCUT2D eigenvalue weighted by Gasteiger charge is -2.10. The predicted molar refractivity (Wildman–Crippen MR) is 55.9 cm³/mol. The largest absolute Gasteiger partial charge is 0.327 e. The molecule has 1 aliphatic heterocycles. The molecule has 1 unspecified atom stereocenters. The summed E-state index contributed by atoms with van der Waals surface area (Å²) in [6.45, 7) is 2.34. The molecule has 2 atom stereocenters. The summed E-state index contributed by atoms with van der Waals surface area (Å²) < 4.78 is 0. The molecular formula is C8H17NS2. The van der Waals surface area contributed by atoms with E-state index in [0.29, 0.717) is 6.04 Å². The minimum atomic E-state index is 0.438. The Morgan fingerprint density at radius 2 is 2.00 bits per heavy atom. The molecule has 1 rings (SSSR count). The third kappa shape index (κ3) is 4.28. The van der Waals surface area contributed by atoms with Crippen molar-refractivity contribution in [1.82, 2.24) is 0 Å². The molecule has 1 aliphatic rings. The third-order valence-electron chi connectivity index (χ3n) is 2.09. The molecule has 0 bridgehead atoms. The van der Waals surface area contributed by atoms with Crippen LogP contribution in [0.4, 0.5) is 0 Å². The summed E-state index contributed by atoms with van der Waals surface area (Å²) in [7, 11) is 3.93. The number of rotatable bonds is 0. The van der Waals surface area contributed by atoms with Crippen LogP contribution in [0.25, 0.3) is 0 Å². The normalized spacial score (nSPS) is 35.5. The van der Waals surface area contributed by atoms with Gasteiger partial charge in [-0.1, -0.05) is 28.5 Å². The molecule has 11 heavy (non-hydrogen) atoms. The SMILES string of the molecule is CC1CCSSC[C@@H](N)CC1. The Bertz CT molecular complexity index is 96.3. The van der Waals surface area contributed by atoms with E-state index in [1.165, 1.54) is 25.0 Å². The van der Waals surface area contributed by atoms with E-state index in [1.807, 2.05) is 21.6 Å². The molecule has 3 heteroatoms. The summed E-state index contributed by atoms with van der Waals surface area (Å²) in [5.74, 6) is 3.32. The smallest absolute Gasteiger partial charge is 0.0189 e. The standard InChI is InChI=1S/C8H17NS2/c1-7-2-3-8(9)6-11-10-5-4-7/h7-8H,2-6,9H2,1H3/t7?,8-/m0/s1. The van der Waals surface area contributed by atoms with Gasteiger partial charge in [-0.3, -0.25) is 0 Å². The summed E-state index contributed by atoms with van der Waals surface area (Å²) in [5, 5.41) is 0. The maximum Gasteiger partial charge on any atom is 0.0189 e. The summed E-state index contributed by atoms with van der Waals surface area (Å²) in [6, 6.07) is 0.438. The van der Waals surface area contributed by atoms with Gasteiger partial charge in [-0.2, -0.15) is 0 Å². The van der Waals surface area contributed by atoms with Crippen LogP contribution in [0.1, 0.15) is 26.2 Å². The molecule has 0 aromatic heterocycles. The maximum atomic E-state index is 5.90. The summed E-state index contributed by atoms with van der Waals surface area (Å²) in [4.78, 5) is 0. The lowest BCUT2D eigenvalue weighted by molar-refractivity contribution is 0.475. The summed E-state index contributed by atoms with van der Waals surface area (Å²) in [5.41, 5.74) is 5.90. The molecule has 0 saturated carbocycles. The molecule has 2 N–H and O–H groups in total. The van der Waals surface area contributed by atoms with Gasteiger partial charge in [0.1, 0.15) is 0 Å². The number of hydrogen-bond donors (Lipinski definition) is 1. The molecule has 1 saturated heterocycles. The van der Waals surface area contributed by atoms with Gasteiger partial charge in [0.2, 0.25) is 0 Å². The van der Waals surface area contributed by atoms with Crippen molar-refractivity contribution in [3.63, 3.8) is 0 Å². The van der Waals surface area contributed by atoms with Crippen molar-refractivity contribution in [3.05, 3.63) is 0 Å². The first-order valence-corrected chi connectivity index (χ1v) is 6.78. The van der Waals surface area contributed by atoms with Crippen molar-refractivity contribution in [1.29, 1.82) is 0 Å². The van der Waals surface area contributed by atoms with E-state index >= 15 is 0 Å². The van der Waals surface area contributed by atoms with E-state index in [1.54, 1.807) is 0 Å². The Balaban J connectivity index is 2.25. The fraction of sp³-hybridized carbons (Fsp3) is 1.00. The Labute approximate surface area is 77.3 Å². The summed E-state index contributed by atoms with van der Waals surface area (Å²) in [6.07, 6.45) is 3.90. The van der Waals surface area contributed by atoms with Gasteiger partial charge in [-0.15, -0.1) is 0 Å². The molecule has 66 valence electrons. The highest BCUT2D eigenvalue weighted by atomic mass is 33.1. The first kappa shape index (κ1) is 9.75. The molecule has 0 spiro atoms. The molecule has 0 aromatic rings. The number of nitrogens with two attached hydrogens (primary N) is 1. The molecule has 0 amide bonds. The van der Waals surface area contributed by atoms with Crippen LogP contribution < -0.4 is 5.73 Å². The second-order valence-corrected chi connectivity index (χ2v) is 5.96. The quantitative estimate of drug-likeness (QED) is 0.596. The third-order valence-corrected chi connectivity index (χ3v) is 4.63. The zero-order valence-corrected chi connectivity index (χ0v) is 8.72. The molecule has 0 aromatic carbocycles. The van der Waals surface area contributed by atoms with E-state index in [-0.39, 0.29) is 0 Å². The fourth-order valence-electron chi connectivity index (χ4n) is 1.17. The van der Waals surface area contributed by atoms with Crippen LogP contribution >= 0.6 is 21.6 Å². The first-order chi connectivity index (χ1) is 5.29. The first-order valence-electron chi connectivity index (χ1n) is 4.29. The van der Waals surface area contributed by atoms with Crippen molar-refractivity contribution in [2.45, 2.75) is 32.2 Å². The molecule has 1 nitrogen and oxygen atoms in total. The van der Waals surface area contributed by atoms with Gasteiger partial charge in [0, 0.05) is 17.5 Å². The van der Waals surface area contributed by atoms with Crippen LogP contribution in [0.3, 0.4) is 0 Å². The Morgan fingerprint density at radius 1 is 1.18 bits per heavy atom. The van der Waals surface area contributed by atoms with Gasteiger partial charge in [-0.05, 0) is 25.2 Å². The average Bonchev–Trinajstić information content (AvgIpc) is 2.06. The molecule has 0 aliphatic carbocycles. The molecule has 1 fully saturated rings. The van der Waals surface area contributed by atoms with Crippen LogP contribution in [0.15, 0.2) is 0 Å². The van der Waals surface area contributed by atoms with E-state index < -0.39 is 0 Å². The second kappa shape index (κ2) is 5.33. The highest BCUT2D eigenvalue weighted by Crippen LogP contribution is 2.28. The van der Waals surface area contributed by atoms with E-state index in [0.717, 1.165) is 11.7 Å². The van der Waals surface area contributed by atoms with Crippen LogP contribution in [-0.2, 0) is 0 Å². The van der Waals surface area contributed by atoms with Gasteiger partial charge in [-0.25, -0.2) is 0 Å². The highest BCUT2D eigenvalue weighted by Gasteiger charge is 2.10. The Hall–Kier alpha value is 0.660. The Morgan fingerprint density at radius 3 is 2.82 bits per heavy atom. The maximum absolute atomic E-state index is 5.90. The van der Waals surface area contributed by atoms with Crippen molar-refractivity contribution < 1.29 is 0 Å². The van der Waals surface area contributed by atoms with Gasteiger partial charge >= 0.3 is 0 Å². The highest BCUT2D eigenvalue weighted by molar-refractivity contribution is 8.76. The fourth-order valence-corrected chi connectivity index (χ4v) is 3.68. The van der Waals surface area contributed by atoms with Crippen molar-refractivity contribution in [2.75, 3.05) is 11.5 Å². The van der Waals surface area contributed by atoms with E-state index in [2.05, 4.69) is 6.92 Å². The molecular weight excluding hydrogens is 174 g/mol. The Kier molecular flexibility index (Phi) is 4.72. The molecule has 0 radical (unpaired) electrons. The molecule has 1 heterocycles. The van der Waals surface area contributed by atoms with Crippen LogP contribution in [0.2, 0.25) is 0 Å². The second-order valence-electron chi connectivity index (χ2n) is 3.34. The van der Waals surface area contributed by atoms with E-state index in [9.17, 15) is 0 Å². The topological polar surface area (TPSA) is 26.0 Å². The average molecular weight is 191 g/mol. The van der Waals surface area contributed by atoms with Gasteiger partial charge in [0.15, 0.2) is 0 Å². The van der Waals surface area contributed by atoms with Crippen molar-refractivity contribution in [2.24, 2.45) is 11.7 Å². The number of hydrogen-bond acceptors (Lipinski definition) is 3. The zero-order valence-electron chi connectivity index (χ0n) is 7.08. The summed E-state index contributed by atoms with van der Waals surface area (Å²) >= 11 is 0. The van der Waals surface area contributed by atoms with Gasteiger partial charge < -0.3 is 5.73 Å². The van der Waals surface area contributed by atoms with Crippen LogP contribution in [-0.4, -0.2) is 17.5 Å². The zero-order chi connectivity index (χ0) is 8.10. The monoisotopic (exact) mass is 191 g/mol.